The van der Waals surface area contributed by atoms with E-state index in [0.29, 0.717) is 16.9 Å². The number of aryl methyl sites for hydroxylation is 1. The molecule has 2 atom stereocenters. The van der Waals surface area contributed by atoms with Gasteiger partial charge >= 0.3 is 0 Å². The molecule has 5 nitrogen and oxygen atoms in total. The molecule has 1 rings (SSSR count). The van der Waals surface area contributed by atoms with E-state index in [4.69, 9.17) is 16.1 Å². The van der Waals surface area contributed by atoms with Crippen molar-refractivity contribution in [2.75, 3.05) is 5.73 Å². The van der Waals surface area contributed by atoms with E-state index in [-0.39, 0.29) is 0 Å². The first-order valence-electron chi connectivity index (χ1n) is 4.04. The van der Waals surface area contributed by atoms with Crippen molar-refractivity contribution in [3.63, 3.8) is 0 Å². The van der Waals surface area contributed by atoms with Gasteiger partial charge in [-0.1, -0.05) is 0 Å². The Morgan fingerprint density at radius 3 is 2.71 bits per heavy atom. The molecule has 0 aliphatic rings. The Bertz CT molecular complexity index is 373. The average Bonchev–Trinajstić information content (AvgIpc) is 2.20. The lowest BCUT2D eigenvalue weighted by Crippen LogP contribution is -2.16. The minimum atomic E-state index is -1.44. The molecule has 2 unspecified atom stereocenters. The van der Waals surface area contributed by atoms with E-state index < -0.39 is 12.2 Å². The standard InChI is InChI=1S/C9H11N3O2/c1-5-2-6(4-12-9(5)11)8(14)7(13)3-10/h2,4,7-8,13-14H,1H3,(H2,11,12). The van der Waals surface area contributed by atoms with Crippen LogP contribution in [0, 0.1) is 18.3 Å². The molecule has 0 fully saturated rings. The summed E-state index contributed by atoms with van der Waals surface area (Å²) in [6.07, 6.45) is -1.35. The van der Waals surface area contributed by atoms with E-state index in [1.165, 1.54) is 6.20 Å². The SMILES string of the molecule is Cc1cc(C(O)C(O)C#N)cnc1N. The number of aliphatic hydroxyl groups excluding tert-OH is 2. The molecule has 1 aromatic heterocycles. The fraction of sp³-hybridized carbons (Fsp3) is 0.333. The number of nitriles is 1. The number of nitrogen functional groups attached to an aromatic ring is 1. The maximum atomic E-state index is 9.45. The summed E-state index contributed by atoms with van der Waals surface area (Å²) in [7, 11) is 0. The summed E-state index contributed by atoms with van der Waals surface area (Å²) in [4.78, 5) is 3.81. The Kier molecular flexibility index (Phi) is 3.02. The van der Waals surface area contributed by atoms with Crippen LogP contribution in [0.2, 0.25) is 0 Å². The summed E-state index contributed by atoms with van der Waals surface area (Å²) >= 11 is 0. The van der Waals surface area contributed by atoms with Crippen molar-refractivity contribution >= 4 is 5.82 Å². The largest absolute Gasteiger partial charge is 0.384 e. The first-order chi connectivity index (χ1) is 6.56. The predicted molar refractivity (Wildman–Crippen MR) is 50.0 cm³/mol. The topological polar surface area (TPSA) is 103 Å². The zero-order valence-corrected chi connectivity index (χ0v) is 7.68. The van der Waals surface area contributed by atoms with Crippen LogP contribution >= 0.6 is 0 Å². The smallest absolute Gasteiger partial charge is 0.170 e. The second kappa shape index (κ2) is 4.05. The second-order valence-corrected chi connectivity index (χ2v) is 2.99. The van der Waals surface area contributed by atoms with Gasteiger partial charge in [0.25, 0.3) is 0 Å². The molecule has 74 valence electrons. The lowest BCUT2D eigenvalue weighted by molar-refractivity contribution is 0.0525. The van der Waals surface area contributed by atoms with Crippen molar-refractivity contribution < 1.29 is 10.2 Å². The first kappa shape index (κ1) is 10.4. The van der Waals surface area contributed by atoms with E-state index in [1.54, 1.807) is 19.1 Å². The third kappa shape index (κ3) is 1.99. The van der Waals surface area contributed by atoms with Crippen molar-refractivity contribution in [2.24, 2.45) is 0 Å². The summed E-state index contributed by atoms with van der Waals surface area (Å²) in [5.74, 6) is 0.368. The number of anilines is 1. The summed E-state index contributed by atoms with van der Waals surface area (Å²) in [6, 6.07) is 3.13. The van der Waals surface area contributed by atoms with Crippen LogP contribution in [-0.4, -0.2) is 21.3 Å². The summed E-state index contributed by atoms with van der Waals surface area (Å²) in [5, 5.41) is 26.9. The van der Waals surface area contributed by atoms with Crippen LogP contribution in [0.4, 0.5) is 5.82 Å². The van der Waals surface area contributed by atoms with Gasteiger partial charge in [-0.2, -0.15) is 5.26 Å². The maximum Gasteiger partial charge on any atom is 0.170 e. The van der Waals surface area contributed by atoms with Gasteiger partial charge in [0.2, 0.25) is 0 Å². The molecule has 0 saturated carbocycles. The number of hydrogen-bond donors (Lipinski definition) is 3. The molecule has 0 aromatic carbocycles. The van der Waals surface area contributed by atoms with E-state index in [9.17, 15) is 5.11 Å². The monoisotopic (exact) mass is 193 g/mol. The Hall–Kier alpha value is -1.64. The van der Waals surface area contributed by atoms with Crippen LogP contribution in [0.1, 0.15) is 17.2 Å². The summed E-state index contributed by atoms with van der Waals surface area (Å²) < 4.78 is 0. The van der Waals surface area contributed by atoms with Gasteiger partial charge in [-0.15, -0.1) is 0 Å². The van der Waals surface area contributed by atoms with Gasteiger partial charge in [0.15, 0.2) is 6.10 Å². The minimum absolute atomic E-state index is 0.368. The summed E-state index contributed by atoms with van der Waals surface area (Å²) in [6.45, 7) is 1.73. The highest BCUT2D eigenvalue weighted by atomic mass is 16.3. The third-order valence-corrected chi connectivity index (χ3v) is 1.91. The van der Waals surface area contributed by atoms with Gasteiger partial charge in [-0.25, -0.2) is 4.98 Å². The molecule has 0 aliphatic heterocycles. The highest BCUT2D eigenvalue weighted by Gasteiger charge is 2.18. The van der Waals surface area contributed by atoms with Gasteiger partial charge < -0.3 is 15.9 Å². The van der Waals surface area contributed by atoms with Crippen LogP contribution in [0.25, 0.3) is 0 Å². The van der Waals surface area contributed by atoms with E-state index in [2.05, 4.69) is 4.98 Å². The van der Waals surface area contributed by atoms with Gasteiger partial charge in [0.05, 0.1) is 6.07 Å². The Labute approximate surface area is 81.4 Å². The van der Waals surface area contributed by atoms with Crippen molar-refractivity contribution in [2.45, 2.75) is 19.1 Å². The second-order valence-electron chi connectivity index (χ2n) is 2.99. The number of pyridine rings is 1. The van der Waals surface area contributed by atoms with Crippen molar-refractivity contribution in [1.82, 2.24) is 4.98 Å². The normalized spacial score (nSPS) is 14.4. The van der Waals surface area contributed by atoms with Crippen molar-refractivity contribution in [1.29, 1.82) is 5.26 Å². The van der Waals surface area contributed by atoms with E-state index in [0.717, 1.165) is 0 Å². The number of aromatic nitrogens is 1. The number of nitrogens with zero attached hydrogens (tertiary/aromatic N) is 2. The number of aliphatic hydroxyl groups is 2. The molecule has 5 heteroatoms. The molecular weight excluding hydrogens is 182 g/mol. The number of hydrogen-bond acceptors (Lipinski definition) is 5. The molecule has 0 spiro atoms. The highest BCUT2D eigenvalue weighted by molar-refractivity contribution is 5.40. The van der Waals surface area contributed by atoms with Gasteiger partial charge in [0, 0.05) is 11.8 Å². The number of nitrogens with two attached hydrogens (primary N) is 1. The van der Waals surface area contributed by atoms with Crippen LogP contribution in [0.3, 0.4) is 0 Å². The maximum absolute atomic E-state index is 9.45. The fourth-order valence-electron chi connectivity index (χ4n) is 1.02. The van der Waals surface area contributed by atoms with Crippen LogP contribution in [0.5, 0.6) is 0 Å². The highest BCUT2D eigenvalue weighted by Crippen LogP contribution is 2.18. The third-order valence-electron chi connectivity index (χ3n) is 1.91. The quantitative estimate of drug-likeness (QED) is 0.568. The molecule has 14 heavy (non-hydrogen) atoms. The van der Waals surface area contributed by atoms with Crippen LogP contribution < -0.4 is 5.73 Å². The predicted octanol–water partition coefficient (Wildman–Crippen LogP) is -0.110. The minimum Gasteiger partial charge on any atom is -0.384 e. The summed E-state index contributed by atoms with van der Waals surface area (Å²) in [5.41, 5.74) is 6.56. The van der Waals surface area contributed by atoms with Gasteiger partial charge in [-0.3, -0.25) is 0 Å². The van der Waals surface area contributed by atoms with Crippen molar-refractivity contribution in [3.8, 4) is 6.07 Å². The van der Waals surface area contributed by atoms with Crippen LogP contribution in [-0.2, 0) is 0 Å². The lowest BCUT2D eigenvalue weighted by atomic mass is 10.1. The number of rotatable bonds is 2. The van der Waals surface area contributed by atoms with Crippen LogP contribution in [0.15, 0.2) is 12.3 Å². The average molecular weight is 193 g/mol. The van der Waals surface area contributed by atoms with E-state index >= 15 is 0 Å². The molecule has 1 heterocycles. The first-order valence-corrected chi connectivity index (χ1v) is 4.04. The molecule has 0 saturated heterocycles. The Balaban J connectivity index is 2.98. The lowest BCUT2D eigenvalue weighted by Gasteiger charge is -2.12. The molecular formula is C9H11N3O2. The van der Waals surface area contributed by atoms with E-state index in [1.807, 2.05) is 0 Å². The Morgan fingerprint density at radius 1 is 1.57 bits per heavy atom. The fourth-order valence-corrected chi connectivity index (χ4v) is 1.02. The van der Waals surface area contributed by atoms with Gasteiger partial charge in [0.1, 0.15) is 11.9 Å². The molecule has 0 amide bonds. The Morgan fingerprint density at radius 2 is 2.21 bits per heavy atom. The zero-order chi connectivity index (χ0) is 10.7. The molecule has 4 N–H and O–H groups in total. The molecule has 1 aromatic rings. The van der Waals surface area contributed by atoms with Crippen molar-refractivity contribution in [3.05, 3.63) is 23.4 Å². The molecule has 0 aliphatic carbocycles. The molecule has 0 bridgehead atoms. The zero-order valence-electron chi connectivity index (χ0n) is 7.68. The molecule has 0 radical (unpaired) electrons. The van der Waals surface area contributed by atoms with Gasteiger partial charge in [-0.05, 0) is 18.6 Å².